The number of rotatable bonds is 4. The van der Waals surface area contributed by atoms with Crippen LogP contribution in [-0.2, 0) is 0 Å². The van der Waals surface area contributed by atoms with Crippen LogP contribution in [0.15, 0.2) is 24.3 Å². The maximum Gasteiger partial charge on any atom is 0.253 e. The molecule has 0 aliphatic heterocycles. The van der Waals surface area contributed by atoms with Crippen molar-refractivity contribution in [1.29, 1.82) is 0 Å². The molecule has 3 nitrogen and oxygen atoms in total. The van der Waals surface area contributed by atoms with Gasteiger partial charge >= 0.3 is 0 Å². The Morgan fingerprint density at radius 1 is 1.28 bits per heavy atom. The highest BCUT2D eigenvalue weighted by molar-refractivity contribution is 5.99. The van der Waals surface area contributed by atoms with Gasteiger partial charge in [-0.3, -0.25) is 4.79 Å². The minimum Gasteiger partial charge on any atom is -0.387 e. The van der Waals surface area contributed by atoms with Gasteiger partial charge in [-0.25, -0.2) is 0 Å². The first-order valence-corrected chi connectivity index (χ1v) is 6.70. The SMILES string of the molecule is CNc1ccccc1C(=O)NCC1(C)CCCC1. The number of nitrogens with one attached hydrogen (secondary N) is 2. The lowest BCUT2D eigenvalue weighted by atomic mass is 9.89. The molecule has 2 N–H and O–H groups in total. The molecule has 2 rings (SSSR count). The average molecular weight is 246 g/mol. The van der Waals surface area contributed by atoms with E-state index in [0.29, 0.717) is 5.41 Å². The molecule has 0 atom stereocenters. The van der Waals surface area contributed by atoms with Crippen molar-refractivity contribution in [3.05, 3.63) is 29.8 Å². The molecule has 1 aliphatic rings. The van der Waals surface area contributed by atoms with Gasteiger partial charge in [0.15, 0.2) is 0 Å². The quantitative estimate of drug-likeness (QED) is 0.857. The van der Waals surface area contributed by atoms with Crippen molar-refractivity contribution in [1.82, 2.24) is 5.32 Å². The van der Waals surface area contributed by atoms with Gasteiger partial charge in [0.1, 0.15) is 0 Å². The van der Waals surface area contributed by atoms with E-state index in [4.69, 9.17) is 0 Å². The Balaban J connectivity index is 1.99. The summed E-state index contributed by atoms with van der Waals surface area (Å²) in [5, 5.41) is 6.13. The van der Waals surface area contributed by atoms with Gasteiger partial charge in [0.25, 0.3) is 5.91 Å². The third-order valence-electron chi connectivity index (χ3n) is 3.93. The van der Waals surface area contributed by atoms with Crippen LogP contribution < -0.4 is 10.6 Å². The van der Waals surface area contributed by atoms with E-state index in [0.717, 1.165) is 17.8 Å². The van der Waals surface area contributed by atoms with Crippen LogP contribution in [0.4, 0.5) is 5.69 Å². The molecule has 1 aliphatic carbocycles. The Morgan fingerprint density at radius 2 is 1.94 bits per heavy atom. The molecule has 0 aromatic heterocycles. The highest BCUT2D eigenvalue weighted by atomic mass is 16.1. The number of hydrogen-bond donors (Lipinski definition) is 2. The Hall–Kier alpha value is -1.51. The maximum atomic E-state index is 12.2. The fraction of sp³-hybridized carbons (Fsp3) is 0.533. The van der Waals surface area contributed by atoms with Crippen LogP contribution in [0.25, 0.3) is 0 Å². The van der Waals surface area contributed by atoms with Crippen LogP contribution in [0.2, 0.25) is 0 Å². The molecule has 3 heteroatoms. The number of hydrogen-bond acceptors (Lipinski definition) is 2. The highest BCUT2D eigenvalue weighted by Gasteiger charge is 2.29. The van der Waals surface area contributed by atoms with Crippen LogP contribution in [0, 0.1) is 5.41 Å². The van der Waals surface area contributed by atoms with Gasteiger partial charge in [0.2, 0.25) is 0 Å². The van der Waals surface area contributed by atoms with Crippen LogP contribution in [0.3, 0.4) is 0 Å². The van der Waals surface area contributed by atoms with Gasteiger partial charge in [0.05, 0.1) is 5.56 Å². The molecule has 1 fully saturated rings. The summed E-state index contributed by atoms with van der Waals surface area (Å²) in [7, 11) is 1.84. The summed E-state index contributed by atoms with van der Waals surface area (Å²) < 4.78 is 0. The molecule has 1 saturated carbocycles. The molecule has 0 unspecified atom stereocenters. The summed E-state index contributed by atoms with van der Waals surface area (Å²) in [5.74, 6) is 0.0214. The van der Waals surface area contributed by atoms with Gasteiger partial charge < -0.3 is 10.6 Å². The molecule has 0 bridgehead atoms. The summed E-state index contributed by atoms with van der Waals surface area (Å²) in [5.41, 5.74) is 1.90. The summed E-state index contributed by atoms with van der Waals surface area (Å²) in [4.78, 5) is 12.2. The highest BCUT2D eigenvalue weighted by Crippen LogP contribution is 2.36. The molecule has 0 spiro atoms. The predicted octanol–water partition coefficient (Wildman–Crippen LogP) is 3.04. The second-order valence-electron chi connectivity index (χ2n) is 5.50. The zero-order valence-electron chi connectivity index (χ0n) is 11.3. The van der Waals surface area contributed by atoms with Crippen molar-refractivity contribution in [2.45, 2.75) is 32.6 Å². The first kappa shape index (κ1) is 12.9. The van der Waals surface area contributed by atoms with Crippen molar-refractivity contribution in [3.8, 4) is 0 Å². The molecule has 1 aromatic rings. The Morgan fingerprint density at radius 3 is 2.61 bits per heavy atom. The predicted molar refractivity (Wildman–Crippen MR) is 74.9 cm³/mol. The van der Waals surface area contributed by atoms with Crippen LogP contribution >= 0.6 is 0 Å². The zero-order valence-corrected chi connectivity index (χ0v) is 11.3. The number of para-hydroxylation sites is 1. The van der Waals surface area contributed by atoms with E-state index >= 15 is 0 Å². The lowest BCUT2D eigenvalue weighted by molar-refractivity contribution is 0.0935. The van der Waals surface area contributed by atoms with Gasteiger partial charge in [-0.2, -0.15) is 0 Å². The normalized spacial score (nSPS) is 17.4. The summed E-state index contributed by atoms with van der Waals surface area (Å²) >= 11 is 0. The fourth-order valence-corrected chi connectivity index (χ4v) is 2.69. The number of anilines is 1. The first-order valence-electron chi connectivity index (χ1n) is 6.70. The van der Waals surface area contributed by atoms with E-state index < -0.39 is 0 Å². The molecule has 18 heavy (non-hydrogen) atoms. The third kappa shape index (κ3) is 2.84. The minimum atomic E-state index is 0.0214. The van der Waals surface area contributed by atoms with Crippen molar-refractivity contribution in [2.24, 2.45) is 5.41 Å². The third-order valence-corrected chi connectivity index (χ3v) is 3.93. The fourth-order valence-electron chi connectivity index (χ4n) is 2.69. The lowest BCUT2D eigenvalue weighted by Crippen LogP contribution is -2.34. The number of benzene rings is 1. The summed E-state index contributed by atoms with van der Waals surface area (Å²) in [6, 6.07) is 7.61. The van der Waals surface area contributed by atoms with E-state index in [9.17, 15) is 4.79 Å². The molecular formula is C15H22N2O. The monoisotopic (exact) mass is 246 g/mol. The minimum absolute atomic E-state index is 0.0214. The second-order valence-corrected chi connectivity index (χ2v) is 5.50. The molecule has 98 valence electrons. The van der Waals surface area contributed by atoms with Crippen LogP contribution in [0.5, 0.6) is 0 Å². The van der Waals surface area contributed by atoms with Crippen molar-refractivity contribution in [2.75, 3.05) is 18.9 Å². The molecule has 1 amide bonds. The number of amides is 1. The lowest BCUT2D eigenvalue weighted by Gasteiger charge is -2.24. The zero-order chi connectivity index (χ0) is 13.0. The molecular weight excluding hydrogens is 224 g/mol. The van der Waals surface area contributed by atoms with Gasteiger partial charge in [-0.15, -0.1) is 0 Å². The Labute approximate surface area is 109 Å². The Kier molecular flexibility index (Phi) is 3.90. The maximum absolute atomic E-state index is 12.2. The average Bonchev–Trinajstić information content (AvgIpc) is 2.83. The summed E-state index contributed by atoms with van der Waals surface area (Å²) in [6.45, 7) is 3.05. The molecule has 0 saturated heterocycles. The number of carbonyl (C=O) groups is 1. The van der Waals surface area contributed by atoms with E-state index in [2.05, 4.69) is 17.6 Å². The van der Waals surface area contributed by atoms with Crippen molar-refractivity contribution >= 4 is 11.6 Å². The Bertz CT molecular complexity index is 422. The van der Waals surface area contributed by atoms with Crippen molar-refractivity contribution < 1.29 is 4.79 Å². The topological polar surface area (TPSA) is 41.1 Å². The first-order chi connectivity index (χ1) is 8.64. The van der Waals surface area contributed by atoms with E-state index in [1.54, 1.807) is 0 Å². The van der Waals surface area contributed by atoms with Crippen LogP contribution in [0.1, 0.15) is 43.0 Å². The van der Waals surface area contributed by atoms with Gasteiger partial charge in [-0.1, -0.05) is 31.9 Å². The van der Waals surface area contributed by atoms with Crippen molar-refractivity contribution in [3.63, 3.8) is 0 Å². The molecule has 1 aromatic carbocycles. The summed E-state index contributed by atoms with van der Waals surface area (Å²) in [6.07, 6.45) is 5.03. The second kappa shape index (κ2) is 5.42. The van der Waals surface area contributed by atoms with Crippen LogP contribution in [-0.4, -0.2) is 19.5 Å². The molecule has 0 radical (unpaired) electrons. The number of carbonyl (C=O) groups excluding carboxylic acids is 1. The molecule has 0 heterocycles. The standard InChI is InChI=1S/C15H22N2O/c1-15(9-5-6-10-15)11-17-14(18)12-7-3-4-8-13(12)16-2/h3-4,7-8,16H,5-6,9-11H2,1-2H3,(H,17,18). The van der Waals surface area contributed by atoms with Gasteiger partial charge in [0, 0.05) is 19.3 Å². The largest absolute Gasteiger partial charge is 0.387 e. The smallest absolute Gasteiger partial charge is 0.253 e. The van der Waals surface area contributed by atoms with Gasteiger partial charge in [-0.05, 0) is 30.4 Å². The van der Waals surface area contributed by atoms with E-state index in [1.165, 1.54) is 25.7 Å². The van der Waals surface area contributed by atoms with E-state index in [1.807, 2.05) is 31.3 Å². The van der Waals surface area contributed by atoms with E-state index in [-0.39, 0.29) is 5.91 Å².